The zero-order chi connectivity index (χ0) is 17.9. The van der Waals surface area contributed by atoms with Gasteiger partial charge in [-0.2, -0.15) is 0 Å². The Balaban J connectivity index is 1.49. The molecule has 0 aliphatic heterocycles. The van der Waals surface area contributed by atoms with Crippen LogP contribution < -0.4 is 5.32 Å². The van der Waals surface area contributed by atoms with Gasteiger partial charge in [-0.25, -0.2) is 0 Å². The number of amides is 2. The van der Waals surface area contributed by atoms with E-state index < -0.39 is 0 Å². The maximum Gasteiger partial charge on any atom is 0.264 e. The van der Waals surface area contributed by atoms with E-state index in [1.54, 1.807) is 34.6 Å². The van der Waals surface area contributed by atoms with Crippen LogP contribution in [-0.2, 0) is 17.9 Å². The fourth-order valence-electron chi connectivity index (χ4n) is 2.63. The molecule has 0 bridgehead atoms. The molecule has 134 valence electrons. The lowest BCUT2D eigenvalue weighted by Gasteiger charge is -2.20. The fraction of sp³-hybridized carbons (Fsp3) is 0.263. The first-order valence-corrected chi connectivity index (χ1v) is 10.1. The van der Waals surface area contributed by atoms with Gasteiger partial charge in [0, 0.05) is 10.8 Å². The van der Waals surface area contributed by atoms with Gasteiger partial charge in [0.25, 0.3) is 5.91 Å². The maximum atomic E-state index is 13.0. The van der Waals surface area contributed by atoms with E-state index in [1.165, 1.54) is 11.3 Å². The number of thiophene rings is 2. The van der Waals surface area contributed by atoms with E-state index in [-0.39, 0.29) is 17.7 Å². The Hall–Kier alpha value is -2.38. The highest BCUT2D eigenvalue weighted by atomic mass is 32.1. The van der Waals surface area contributed by atoms with Crippen LogP contribution in [0.1, 0.15) is 33.2 Å². The molecule has 5 nitrogen and oxygen atoms in total. The van der Waals surface area contributed by atoms with Crippen molar-refractivity contribution in [2.24, 2.45) is 5.92 Å². The highest BCUT2D eigenvalue weighted by molar-refractivity contribution is 7.18. The second-order valence-corrected chi connectivity index (χ2v) is 8.36. The van der Waals surface area contributed by atoms with E-state index in [4.69, 9.17) is 4.42 Å². The minimum atomic E-state index is -0.0632. The van der Waals surface area contributed by atoms with Gasteiger partial charge in [0.1, 0.15) is 5.76 Å². The first-order chi connectivity index (χ1) is 12.7. The van der Waals surface area contributed by atoms with E-state index >= 15 is 0 Å². The summed E-state index contributed by atoms with van der Waals surface area (Å²) in [5, 5.41) is 5.62. The molecular formula is C19H18N2O3S2. The van der Waals surface area contributed by atoms with Crippen LogP contribution in [0.25, 0.3) is 0 Å². The molecule has 1 saturated carbocycles. The Bertz CT molecular complexity index is 844. The lowest BCUT2D eigenvalue weighted by atomic mass is 10.3. The van der Waals surface area contributed by atoms with Gasteiger partial charge >= 0.3 is 0 Å². The lowest BCUT2D eigenvalue weighted by molar-refractivity contribution is -0.117. The van der Waals surface area contributed by atoms with Crippen molar-refractivity contribution in [3.8, 4) is 0 Å². The monoisotopic (exact) mass is 386 g/mol. The minimum Gasteiger partial charge on any atom is -0.467 e. The second kappa shape index (κ2) is 7.47. The number of carbonyl (C=O) groups is 2. The van der Waals surface area contributed by atoms with Crippen LogP contribution in [0, 0.1) is 5.92 Å². The van der Waals surface area contributed by atoms with E-state index in [0.717, 1.165) is 28.5 Å². The molecule has 1 N–H and O–H groups in total. The van der Waals surface area contributed by atoms with Gasteiger partial charge in [-0.05, 0) is 48.6 Å². The Morgan fingerprint density at radius 3 is 2.73 bits per heavy atom. The molecule has 0 saturated heterocycles. The number of rotatable bonds is 7. The maximum absolute atomic E-state index is 13.0. The van der Waals surface area contributed by atoms with Crippen molar-refractivity contribution < 1.29 is 14.0 Å². The smallest absolute Gasteiger partial charge is 0.264 e. The van der Waals surface area contributed by atoms with Gasteiger partial charge in [0.15, 0.2) is 0 Å². The van der Waals surface area contributed by atoms with Crippen LogP contribution in [-0.4, -0.2) is 16.7 Å². The summed E-state index contributed by atoms with van der Waals surface area (Å²) in [4.78, 5) is 28.4. The quantitative estimate of drug-likeness (QED) is 0.646. The molecule has 2 amide bonds. The molecule has 0 atom stereocenters. The van der Waals surface area contributed by atoms with E-state index in [0.29, 0.717) is 18.0 Å². The third-order valence-corrected chi connectivity index (χ3v) is 6.00. The first kappa shape index (κ1) is 17.1. The number of nitrogens with one attached hydrogen (secondary N) is 1. The fourth-order valence-corrected chi connectivity index (χ4v) is 4.22. The summed E-state index contributed by atoms with van der Waals surface area (Å²) in [7, 11) is 0. The van der Waals surface area contributed by atoms with Gasteiger partial charge in [0.2, 0.25) is 5.91 Å². The van der Waals surface area contributed by atoms with Crippen molar-refractivity contribution in [2.75, 3.05) is 5.32 Å². The summed E-state index contributed by atoms with van der Waals surface area (Å²) < 4.78 is 5.42. The second-order valence-electron chi connectivity index (χ2n) is 6.25. The summed E-state index contributed by atoms with van der Waals surface area (Å²) in [6, 6.07) is 11.3. The summed E-state index contributed by atoms with van der Waals surface area (Å²) >= 11 is 2.94. The largest absolute Gasteiger partial charge is 0.467 e. The number of hydrogen-bond donors (Lipinski definition) is 1. The van der Waals surface area contributed by atoms with Crippen LogP contribution in [0.3, 0.4) is 0 Å². The van der Waals surface area contributed by atoms with E-state index in [2.05, 4.69) is 5.32 Å². The molecule has 7 heteroatoms. The van der Waals surface area contributed by atoms with Gasteiger partial charge in [-0.3, -0.25) is 9.59 Å². The summed E-state index contributed by atoms with van der Waals surface area (Å²) in [6.07, 6.45) is 3.53. The summed E-state index contributed by atoms with van der Waals surface area (Å²) in [5.74, 6) is 0.878. The Morgan fingerprint density at radius 1 is 1.15 bits per heavy atom. The van der Waals surface area contributed by atoms with Crippen LogP contribution >= 0.6 is 22.7 Å². The van der Waals surface area contributed by atoms with Crippen molar-refractivity contribution in [2.45, 2.75) is 25.9 Å². The Labute approximate surface area is 159 Å². The molecule has 3 aromatic heterocycles. The zero-order valence-electron chi connectivity index (χ0n) is 14.0. The van der Waals surface area contributed by atoms with Crippen molar-refractivity contribution in [1.82, 2.24) is 4.90 Å². The van der Waals surface area contributed by atoms with Crippen LogP contribution in [0.4, 0.5) is 5.00 Å². The predicted octanol–water partition coefficient (Wildman–Crippen LogP) is 4.59. The highest BCUT2D eigenvalue weighted by Crippen LogP contribution is 2.32. The molecule has 3 heterocycles. The van der Waals surface area contributed by atoms with Crippen molar-refractivity contribution >= 4 is 39.5 Å². The standard InChI is InChI=1S/C19H18N2O3S2/c22-18(13-5-6-13)20-17-8-7-16(26-17)19(23)21(11-14-3-1-9-24-14)12-15-4-2-10-25-15/h1-4,7-10,13H,5-6,11-12H2,(H,20,22). The lowest BCUT2D eigenvalue weighted by Crippen LogP contribution is -2.29. The highest BCUT2D eigenvalue weighted by Gasteiger charge is 2.30. The molecule has 1 aliphatic carbocycles. The zero-order valence-corrected chi connectivity index (χ0v) is 15.6. The van der Waals surface area contributed by atoms with Gasteiger partial charge < -0.3 is 14.6 Å². The van der Waals surface area contributed by atoms with E-state index in [9.17, 15) is 9.59 Å². The first-order valence-electron chi connectivity index (χ1n) is 8.44. The van der Waals surface area contributed by atoms with Crippen molar-refractivity contribution in [1.29, 1.82) is 0 Å². The third kappa shape index (κ3) is 4.05. The molecular weight excluding hydrogens is 368 g/mol. The Morgan fingerprint density at radius 2 is 2.04 bits per heavy atom. The van der Waals surface area contributed by atoms with Crippen molar-refractivity contribution in [3.05, 3.63) is 63.6 Å². The van der Waals surface area contributed by atoms with Crippen LogP contribution in [0.15, 0.2) is 52.5 Å². The molecule has 3 aromatic rings. The third-order valence-electron chi connectivity index (χ3n) is 4.15. The molecule has 1 aliphatic rings. The molecule has 0 radical (unpaired) electrons. The number of anilines is 1. The average molecular weight is 386 g/mol. The number of hydrogen-bond acceptors (Lipinski definition) is 5. The predicted molar refractivity (Wildman–Crippen MR) is 102 cm³/mol. The van der Waals surface area contributed by atoms with Crippen LogP contribution in [0.5, 0.6) is 0 Å². The number of furan rings is 1. The molecule has 1 fully saturated rings. The molecule has 0 unspecified atom stereocenters. The Kier molecular flexibility index (Phi) is 4.90. The molecule has 0 spiro atoms. The minimum absolute atomic E-state index is 0.0527. The summed E-state index contributed by atoms with van der Waals surface area (Å²) in [6.45, 7) is 0.935. The number of carbonyl (C=O) groups excluding carboxylic acids is 2. The number of nitrogens with zero attached hydrogens (tertiary/aromatic N) is 1. The van der Waals surface area contributed by atoms with Gasteiger partial charge in [-0.1, -0.05) is 6.07 Å². The molecule has 0 aromatic carbocycles. The van der Waals surface area contributed by atoms with Gasteiger partial charge in [-0.15, -0.1) is 22.7 Å². The van der Waals surface area contributed by atoms with Gasteiger partial charge in [0.05, 0.1) is 29.2 Å². The molecule has 26 heavy (non-hydrogen) atoms. The average Bonchev–Trinajstić information content (AvgIpc) is 3.05. The van der Waals surface area contributed by atoms with Crippen LogP contribution in [0.2, 0.25) is 0 Å². The molecule has 4 rings (SSSR count). The van der Waals surface area contributed by atoms with Crippen molar-refractivity contribution in [3.63, 3.8) is 0 Å². The summed E-state index contributed by atoms with van der Waals surface area (Å²) in [5.41, 5.74) is 0. The topological polar surface area (TPSA) is 62.6 Å². The van der Waals surface area contributed by atoms with E-state index in [1.807, 2.05) is 29.6 Å². The normalized spacial score (nSPS) is 13.5. The SMILES string of the molecule is O=C(Nc1ccc(C(=O)N(Cc2ccco2)Cc2cccs2)s1)C1CC1.